The van der Waals surface area contributed by atoms with Crippen LogP contribution in [-0.2, 0) is 20.7 Å². The lowest BCUT2D eigenvalue weighted by molar-refractivity contribution is -0.147. The van der Waals surface area contributed by atoms with E-state index in [4.69, 9.17) is 9.47 Å². The number of pyridine rings is 1. The number of rotatable bonds is 8. The van der Waals surface area contributed by atoms with Gasteiger partial charge in [0.05, 0.1) is 18.5 Å². The van der Waals surface area contributed by atoms with Gasteiger partial charge in [-0.2, -0.15) is 0 Å². The summed E-state index contributed by atoms with van der Waals surface area (Å²) in [6.45, 7) is 7.38. The minimum atomic E-state index is -0.627. The molecule has 3 aromatic rings. The van der Waals surface area contributed by atoms with E-state index in [1.165, 1.54) is 11.1 Å². The molecule has 1 aliphatic heterocycles. The molecule has 184 valence electrons. The maximum absolute atomic E-state index is 13.1. The van der Waals surface area contributed by atoms with Crippen molar-refractivity contribution in [3.05, 3.63) is 60.3 Å². The van der Waals surface area contributed by atoms with Gasteiger partial charge in [-0.25, -0.2) is 0 Å². The minimum absolute atomic E-state index is 0.0581. The standard InChI is InChI=1S/C29H34N2O4/c1-4-22-10-6-7-11-24(22)25-14-15-30-27-18-23(12-13-26(25)27)35-20(3)29(33)31-16-8-9-21(19-31)17-28(32)34-5-2/h6-7,10-15,18,20-21H,4-5,8-9,16-17,19H2,1-3H3/t20?,21-/m1/s1. The lowest BCUT2D eigenvalue weighted by Crippen LogP contribution is -2.46. The summed E-state index contributed by atoms with van der Waals surface area (Å²) in [5.41, 5.74) is 4.48. The fourth-order valence-corrected chi connectivity index (χ4v) is 4.93. The number of ether oxygens (including phenoxy) is 2. The van der Waals surface area contributed by atoms with Crippen LogP contribution in [-0.4, -0.2) is 47.6 Å². The summed E-state index contributed by atoms with van der Waals surface area (Å²) in [5, 5.41) is 1.05. The number of fused-ring (bicyclic) bond motifs is 1. The molecule has 0 spiro atoms. The van der Waals surface area contributed by atoms with Crippen molar-refractivity contribution in [3.63, 3.8) is 0 Å². The topological polar surface area (TPSA) is 68.7 Å². The number of nitrogens with zero attached hydrogens (tertiary/aromatic N) is 2. The number of aryl methyl sites for hydroxylation is 1. The number of hydrogen-bond donors (Lipinski definition) is 0. The summed E-state index contributed by atoms with van der Waals surface area (Å²) in [4.78, 5) is 31.3. The van der Waals surface area contributed by atoms with Gasteiger partial charge in [0.25, 0.3) is 5.91 Å². The summed E-state index contributed by atoms with van der Waals surface area (Å²) in [6.07, 6.45) is 4.31. The lowest BCUT2D eigenvalue weighted by atomic mass is 9.94. The van der Waals surface area contributed by atoms with E-state index in [-0.39, 0.29) is 17.8 Å². The number of aromatic nitrogens is 1. The number of esters is 1. The van der Waals surface area contributed by atoms with Crippen LogP contribution in [0, 0.1) is 5.92 Å². The first-order valence-corrected chi connectivity index (χ1v) is 12.6. The van der Waals surface area contributed by atoms with Gasteiger partial charge in [0.15, 0.2) is 6.10 Å². The van der Waals surface area contributed by atoms with Crippen molar-refractivity contribution in [1.82, 2.24) is 9.88 Å². The number of carbonyl (C=O) groups excluding carboxylic acids is 2. The van der Waals surface area contributed by atoms with Gasteiger partial charge >= 0.3 is 5.97 Å². The number of amides is 1. The van der Waals surface area contributed by atoms with Crippen molar-refractivity contribution in [1.29, 1.82) is 0 Å². The third kappa shape index (κ3) is 5.81. The highest BCUT2D eigenvalue weighted by Crippen LogP contribution is 2.32. The highest BCUT2D eigenvalue weighted by atomic mass is 16.5. The average Bonchev–Trinajstić information content (AvgIpc) is 2.88. The second kappa shape index (κ2) is 11.3. The van der Waals surface area contributed by atoms with Crippen LogP contribution < -0.4 is 4.74 Å². The van der Waals surface area contributed by atoms with Gasteiger partial charge in [0.2, 0.25) is 0 Å². The van der Waals surface area contributed by atoms with Gasteiger partial charge in [-0.05, 0) is 73.9 Å². The first-order valence-electron chi connectivity index (χ1n) is 12.6. The van der Waals surface area contributed by atoms with Crippen LogP contribution in [0.1, 0.15) is 45.6 Å². The second-order valence-electron chi connectivity index (χ2n) is 9.11. The van der Waals surface area contributed by atoms with Crippen molar-refractivity contribution in [2.75, 3.05) is 19.7 Å². The molecule has 0 radical (unpaired) electrons. The predicted octanol–water partition coefficient (Wildman–Crippen LogP) is 5.42. The minimum Gasteiger partial charge on any atom is -0.481 e. The molecule has 1 aromatic heterocycles. The Morgan fingerprint density at radius 1 is 1.11 bits per heavy atom. The van der Waals surface area contributed by atoms with Crippen molar-refractivity contribution < 1.29 is 19.1 Å². The molecule has 35 heavy (non-hydrogen) atoms. The van der Waals surface area contributed by atoms with Crippen LogP contribution in [0.3, 0.4) is 0 Å². The SMILES string of the molecule is CCOC(=O)C[C@H]1CCCN(C(=O)C(C)Oc2ccc3c(-c4ccccc4CC)ccnc3c2)C1. The van der Waals surface area contributed by atoms with Crippen LogP contribution in [0.4, 0.5) is 0 Å². The van der Waals surface area contributed by atoms with Gasteiger partial charge in [0, 0.05) is 30.7 Å². The van der Waals surface area contributed by atoms with Crippen molar-refractivity contribution in [2.24, 2.45) is 5.92 Å². The molecule has 0 aliphatic carbocycles. The molecule has 0 bridgehead atoms. The van der Waals surface area contributed by atoms with Crippen LogP contribution in [0.25, 0.3) is 22.0 Å². The van der Waals surface area contributed by atoms with E-state index in [2.05, 4.69) is 36.2 Å². The number of likely N-dealkylation sites (tertiary alicyclic amines) is 1. The van der Waals surface area contributed by atoms with E-state index in [9.17, 15) is 9.59 Å². The molecular weight excluding hydrogens is 440 g/mol. The molecule has 2 heterocycles. The van der Waals surface area contributed by atoms with E-state index in [1.807, 2.05) is 35.4 Å². The van der Waals surface area contributed by atoms with Gasteiger partial charge in [0.1, 0.15) is 5.75 Å². The number of benzene rings is 2. The molecule has 1 amide bonds. The van der Waals surface area contributed by atoms with Gasteiger partial charge < -0.3 is 14.4 Å². The Labute approximate surface area is 207 Å². The molecule has 2 aromatic carbocycles. The maximum Gasteiger partial charge on any atom is 0.306 e. The Kier molecular flexibility index (Phi) is 8.01. The Hall–Kier alpha value is -3.41. The monoisotopic (exact) mass is 474 g/mol. The second-order valence-corrected chi connectivity index (χ2v) is 9.11. The molecule has 0 saturated carbocycles. The Bertz CT molecular complexity index is 1190. The van der Waals surface area contributed by atoms with Crippen molar-refractivity contribution >= 4 is 22.8 Å². The third-order valence-electron chi connectivity index (χ3n) is 6.65. The third-order valence-corrected chi connectivity index (χ3v) is 6.65. The molecule has 1 unspecified atom stereocenters. The number of carbonyl (C=O) groups is 2. The number of piperidine rings is 1. The van der Waals surface area contributed by atoms with E-state index >= 15 is 0 Å². The molecule has 6 nitrogen and oxygen atoms in total. The van der Waals surface area contributed by atoms with E-state index in [0.717, 1.165) is 35.7 Å². The maximum atomic E-state index is 13.1. The fraction of sp³-hybridized carbons (Fsp3) is 0.414. The zero-order chi connectivity index (χ0) is 24.8. The zero-order valence-electron chi connectivity index (χ0n) is 20.8. The summed E-state index contributed by atoms with van der Waals surface area (Å²) in [5.74, 6) is 0.498. The summed E-state index contributed by atoms with van der Waals surface area (Å²) in [6, 6.07) is 16.3. The lowest BCUT2D eigenvalue weighted by Gasteiger charge is -2.34. The highest BCUT2D eigenvalue weighted by molar-refractivity contribution is 5.95. The fourth-order valence-electron chi connectivity index (χ4n) is 4.93. The molecule has 0 N–H and O–H groups in total. The molecular formula is C29H34N2O4. The van der Waals surface area contributed by atoms with Crippen LogP contribution in [0.2, 0.25) is 0 Å². The average molecular weight is 475 g/mol. The molecule has 1 aliphatic rings. The van der Waals surface area contributed by atoms with Gasteiger partial charge in [-0.1, -0.05) is 31.2 Å². The van der Waals surface area contributed by atoms with E-state index in [1.54, 1.807) is 13.8 Å². The first kappa shape index (κ1) is 24.7. The van der Waals surface area contributed by atoms with E-state index in [0.29, 0.717) is 31.9 Å². The zero-order valence-corrected chi connectivity index (χ0v) is 20.8. The van der Waals surface area contributed by atoms with Crippen molar-refractivity contribution in [3.8, 4) is 16.9 Å². The normalized spacial score (nSPS) is 16.7. The summed E-state index contributed by atoms with van der Waals surface area (Å²) < 4.78 is 11.1. The predicted molar refractivity (Wildman–Crippen MR) is 137 cm³/mol. The van der Waals surface area contributed by atoms with Crippen molar-refractivity contribution in [2.45, 2.75) is 52.6 Å². The molecule has 2 atom stereocenters. The van der Waals surface area contributed by atoms with Gasteiger partial charge in [-0.3, -0.25) is 14.6 Å². The Morgan fingerprint density at radius 2 is 1.94 bits per heavy atom. The smallest absolute Gasteiger partial charge is 0.306 e. The van der Waals surface area contributed by atoms with E-state index < -0.39 is 6.10 Å². The quantitative estimate of drug-likeness (QED) is 0.408. The largest absolute Gasteiger partial charge is 0.481 e. The first-order chi connectivity index (χ1) is 17.0. The van der Waals surface area contributed by atoms with Crippen LogP contribution in [0.15, 0.2) is 54.7 Å². The Balaban J connectivity index is 1.46. The highest BCUT2D eigenvalue weighted by Gasteiger charge is 2.29. The summed E-state index contributed by atoms with van der Waals surface area (Å²) in [7, 11) is 0. The number of hydrogen-bond acceptors (Lipinski definition) is 5. The molecule has 6 heteroatoms. The van der Waals surface area contributed by atoms with Gasteiger partial charge in [-0.15, -0.1) is 0 Å². The Morgan fingerprint density at radius 3 is 2.74 bits per heavy atom. The van der Waals surface area contributed by atoms with Crippen LogP contribution in [0.5, 0.6) is 5.75 Å². The molecule has 4 rings (SSSR count). The molecule has 1 fully saturated rings. The summed E-state index contributed by atoms with van der Waals surface area (Å²) >= 11 is 0. The molecule has 1 saturated heterocycles. The van der Waals surface area contributed by atoms with Crippen LogP contribution >= 0.6 is 0 Å².